The van der Waals surface area contributed by atoms with Crippen LogP contribution in [0.5, 0.6) is 11.6 Å². The summed E-state index contributed by atoms with van der Waals surface area (Å²) in [7, 11) is 0. The number of nitrogens with zero attached hydrogens (tertiary/aromatic N) is 3. The van der Waals surface area contributed by atoms with Gasteiger partial charge in [-0.25, -0.2) is 9.37 Å². The van der Waals surface area contributed by atoms with E-state index < -0.39 is 22.2 Å². The number of hydrogen-bond acceptors (Lipinski definition) is 6. The fourth-order valence-electron chi connectivity index (χ4n) is 1.50. The van der Waals surface area contributed by atoms with E-state index in [9.17, 15) is 14.5 Å². The number of hydrogen-bond donors (Lipinski definition) is 2. The maximum atomic E-state index is 13.6. The fraction of sp³-hybridized carbons (Fsp3) is 0. The van der Waals surface area contributed by atoms with E-state index in [-0.39, 0.29) is 11.7 Å². The zero-order valence-corrected chi connectivity index (χ0v) is 10.4. The van der Waals surface area contributed by atoms with E-state index in [2.05, 4.69) is 10.1 Å². The molecule has 0 radical (unpaired) electrons. The lowest BCUT2D eigenvalue weighted by atomic mass is 10.2. The van der Waals surface area contributed by atoms with Crippen LogP contribution in [-0.4, -0.2) is 21.0 Å². The molecule has 108 valence electrons. The molecule has 1 aromatic carbocycles. The number of nitro groups is 1. The first-order chi connectivity index (χ1) is 10.0. The molecule has 2 rings (SSSR count). The van der Waals surface area contributed by atoms with Crippen LogP contribution in [0.15, 0.2) is 41.7 Å². The number of pyridine rings is 1. The first-order valence-corrected chi connectivity index (χ1v) is 5.57. The van der Waals surface area contributed by atoms with E-state index in [1.807, 2.05) is 0 Å². The minimum absolute atomic E-state index is 0.0716. The number of halogens is 1. The minimum Gasteiger partial charge on any atom is -0.429 e. The Morgan fingerprint density at radius 3 is 2.76 bits per heavy atom. The van der Waals surface area contributed by atoms with Gasteiger partial charge >= 0.3 is 5.69 Å². The van der Waals surface area contributed by atoms with Crippen molar-refractivity contribution in [2.24, 2.45) is 10.9 Å². The average molecular weight is 292 g/mol. The quantitative estimate of drug-likeness (QED) is 0.292. The second-order valence-electron chi connectivity index (χ2n) is 3.82. The third-order valence-electron chi connectivity index (χ3n) is 2.49. The molecular weight excluding hydrogens is 283 g/mol. The number of benzene rings is 1. The maximum Gasteiger partial charge on any atom is 0.314 e. The Kier molecular flexibility index (Phi) is 3.93. The lowest BCUT2D eigenvalue weighted by Crippen LogP contribution is -2.13. The summed E-state index contributed by atoms with van der Waals surface area (Å²) in [6.07, 6.45) is 1.22. The van der Waals surface area contributed by atoms with E-state index in [0.717, 1.165) is 12.1 Å². The van der Waals surface area contributed by atoms with Gasteiger partial charge in [0.1, 0.15) is 0 Å². The number of para-hydroxylation sites is 1. The van der Waals surface area contributed by atoms with Gasteiger partial charge in [0.15, 0.2) is 11.7 Å². The first kappa shape index (κ1) is 14.2. The monoisotopic (exact) mass is 292 g/mol. The Balaban J connectivity index is 2.33. The standard InChI is InChI=1S/C12H9FN4O4/c13-8-2-1-3-9(17(19)20)11(8)21-10-5-4-7(6-15-10)12(14)16-18/h1-6,18H,(H2,14,16). The number of nitro benzene ring substituents is 1. The molecule has 0 atom stereocenters. The van der Waals surface area contributed by atoms with Crippen LogP contribution in [0.25, 0.3) is 0 Å². The largest absolute Gasteiger partial charge is 0.429 e. The first-order valence-electron chi connectivity index (χ1n) is 5.57. The van der Waals surface area contributed by atoms with Gasteiger partial charge in [-0.1, -0.05) is 11.2 Å². The van der Waals surface area contributed by atoms with Gasteiger partial charge in [-0.3, -0.25) is 10.1 Å². The molecule has 0 aliphatic heterocycles. The molecule has 0 fully saturated rings. The number of ether oxygens (including phenoxy) is 1. The summed E-state index contributed by atoms with van der Waals surface area (Å²) >= 11 is 0. The van der Waals surface area contributed by atoms with Crippen molar-refractivity contribution in [3.63, 3.8) is 0 Å². The third kappa shape index (κ3) is 3.03. The number of aromatic nitrogens is 1. The van der Waals surface area contributed by atoms with Crippen LogP contribution in [0.2, 0.25) is 0 Å². The van der Waals surface area contributed by atoms with Crippen molar-refractivity contribution < 1.29 is 19.3 Å². The van der Waals surface area contributed by atoms with E-state index in [1.54, 1.807) is 0 Å². The summed E-state index contributed by atoms with van der Waals surface area (Å²) in [4.78, 5) is 13.9. The molecule has 1 aromatic heterocycles. The number of amidine groups is 1. The molecule has 0 bridgehead atoms. The summed E-state index contributed by atoms with van der Waals surface area (Å²) in [6.45, 7) is 0. The van der Waals surface area contributed by atoms with Gasteiger partial charge in [0, 0.05) is 23.9 Å². The Morgan fingerprint density at radius 2 is 2.19 bits per heavy atom. The highest BCUT2D eigenvalue weighted by atomic mass is 19.1. The Morgan fingerprint density at radius 1 is 1.43 bits per heavy atom. The highest BCUT2D eigenvalue weighted by Crippen LogP contribution is 2.32. The second kappa shape index (κ2) is 5.82. The molecule has 9 heteroatoms. The van der Waals surface area contributed by atoms with Crippen LogP contribution in [0.1, 0.15) is 5.56 Å². The zero-order chi connectivity index (χ0) is 15.4. The molecule has 0 unspecified atom stereocenters. The molecule has 21 heavy (non-hydrogen) atoms. The SMILES string of the molecule is N/C(=N/O)c1ccc(Oc2c(F)cccc2[N+](=O)[O-])nc1. The van der Waals surface area contributed by atoms with Crippen molar-refractivity contribution in [2.75, 3.05) is 0 Å². The molecule has 3 N–H and O–H groups in total. The molecule has 0 amide bonds. The van der Waals surface area contributed by atoms with Gasteiger partial charge in [-0.05, 0) is 12.1 Å². The summed E-state index contributed by atoms with van der Waals surface area (Å²) < 4.78 is 18.7. The van der Waals surface area contributed by atoms with Crippen LogP contribution in [0, 0.1) is 15.9 Å². The number of oxime groups is 1. The van der Waals surface area contributed by atoms with Gasteiger partial charge in [-0.2, -0.15) is 0 Å². The smallest absolute Gasteiger partial charge is 0.314 e. The average Bonchev–Trinajstić information content (AvgIpc) is 2.49. The van der Waals surface area contributed by atoms with Crippen LogP contribution < -0.4 is 10.5 Å². The van der Waals surface area contributed by atoms with E-state index in [4.69, 9.17) is 15.7 Å². The van der Waals surface area contributed by atoms with Crippen LogP contribution >= 0.6 is 0 Å². The molecule has 0 saturated heterocycles. The van der Waals surface area contributed by atoms with Crippen molar-refractivity contribution in [3.8, 4) is 11.6 Å². The summed E-state index contributed by atoms with van der Waals surface area (Å²) in [5.41, 5.74) is 5.15. The molecule has 2 aromatic rings. The molecule has 0 saturated carbocycles. The van der Waals surface area contributed by atoms with E-state index in [0.29, 0.717) is 5.56 Å². The lowest BCUT2D eigenvalue weighted by molar-refractivity contribution is -0.385. The Labute approximate surface area is 117 Å². The number of rotatable bonds is 4. The van der Waals surface area contributed by atoms with Gasteiger partial charge in [0.05, 0.1) is 4.92 Å². The van der Waals surface area contributed by atoms with Crippen molar-refractivity contribution in [1.29, 1.82) is 0 Å². The number of nitrogens with two attached hydrogens (primary N) is 1. The Hall–Kier alpha value is -3.23. The fourth-order valence-corrected chi connectivity index (χ4v) is 1.50. The van der Waals surface area contributed by atoms with Crippen molar-refractivity contribution >= 4 is 11.5 Å². The van der Waals surface area contributed by atoms with Crippen LogP contribution in [-0.2, 0) is 0 Å². The van der Waals surface area contributed by atoms with Crippen molar-refractivity contribution in [2.45, 2.75) is 0 Å². The minimum atomic E-state index is -0.883. The predicted octanol–water partition coefficient (Wildman–Crippen LogP) is 2.02. The van der Waals surface area contributed by atoms with Gasteiger partial charge in [0.2, 0.25) is 11.6 Å². The topological polar surface area (TPSA) is 124 Å². The summed E-state index contributed by atoms with van der Waals surface area (Å²) in [5, 5.41) is 22.1. The second-order valence-corrected chi connectivity index (χ2v) is 3.82. The third-order valence-corrected chi connectivity index (χ3v) is 2.49. The zero-order valence-electron chi connectivity index (χ0n) is 10.4. The van der Waals surface area contributed by atoms with Crippen molar-refractivity contribution in [1.82, 2.24) is 4.98 Å². The normalized spacial score (nSPS) is 11.2. The van der Waals surface area contributed by atoms with E-state index >= 15 is 0 Å². The summed E-state index contributed by atoms with van der Waals surface area (Å²) in [5.74, 6) is -1.65. The Bertz CT molecular complexity index is 703. The molecule has 0 aliphatic rings. The molecule has 1 heterocycles. The highest BCUT2D eigenvalue weighted by Gasteiger charge is 2.20. The van der Waals surface area contributed by atoms with Gasteiger partial charge in [-0.15, -0.1) is 0 Å². The van der Waals surface area contributed by atoms with Gasteiger partial charge < -0.3 is 15.7 Å². The lowest BCUT2D eigenvalue weighted by Gasteiger charge is -2.06. The molecule has 0 spiro atoms. The van der Waals surface area contributed by atoms with Crippen LogP contribution in [0.3, 0.4) is 0 Å². The molecular formula is C12H9FN4O4. The van der Waals surface area contributed by atoms with E-state index in [1.165, 1.54) is 24.4 Å². The maximum absolute atomic E-state index is 13.6. The predicted molar refractivity (Wildman–Crippen MR) is 69.9 cm³/mol. The van der Waals surface area contributed by atoms with Crippen molar-refractivity contribution in [3.05, 3.63) is 58.0 Å². The molecule has 0 aliphatic carbocycles. The van der Waals surface area contributed by atoms with Crippen LogP contribution in [0.4, 0.5) is 10.1 Å². The molecule has 8 nitrogen and oxygen atoms in total. The highest BCUT2D eigenvalue weighted by molar-refractivity contribution is 5.96. The van der Waals surface area contributed by atoms with Gasteiger partial charge in [0.25, 0.3) is 0 Å². The summed E-state index contributed by atoms with van der Waals surface area (Å²) in [6, 6.07) is 6.07.